The molecular formula is C26H20N4O6. The number of carbonyl (C=O) groups is 3. The number of nitrogens with one attached hydrogen (secondary N) is 1. The Kier molecular flexibility index (Phi) is 6.39. The van der Waals surface area contributed by atoms with Gasteiger partial charge in [-0.3, -0.25) is 9.69 Å². The van der Waals surface area contributed by atoms with Crippen molar-refractivity contribution >= 4 is 40.3 Å². The molecule has 2 amide bonds. The second-order valence-corrected chi connectivity index (χ2v) is 7.87. The smallest absolute Gasteiger partial charge is 0.413 e. The van der Waals surface area contributed by atoms with Gasteiger partial charge in [0, 0.05) is 18.7 Å². The maximum absolute atomic E-state index is 13.1. The molecule has 2 N–H and O–H groups in total. The van der Waals surface area contributed by atoms with Crippen LogP contribution in [0.5, 0.6) is 0 Å². The quantitative estimate of drug-likeness (QED) is 0.410. The first kappa shape index (κ1) is 24.0. The summed E-state index contributed by atoms with van der Waals surface area (Å²) in [4.78, 5) is 38.4. The molecule has 4 aromatic rings. The van der Waals surface area contributed by atoms with Crippen molar-refractivity contribution in [3.63, 3.8) is 0 Å². The van der Waals surface area contributed by atoms with Gasteiger partial charge in [-0.15, -0.1) is 0 Å². The Hall–Kier alpha value is -5.17. The van der Waals surface area contributed by atoms with E-state index in [0.717, 1.165) is 11.1 Å². The number of amides is 2. The fourth-order valence-electron chi connectivity index (χ4n) is 3.82. The number of aromatic nitrogens is 1. The number of carbonyl (C=O) groups excluding carboxylic acids is 2. The van der Waals surface area contributed by atoms with Crippen LogP contribution in [-0.2, 0) is 4.74 Å². The van der Waals surface area contributed by atoms with E-state index >= 15 is 0 Å². The molecule has 180 valence electrons. The second kappa shape index (κ2) is 9.60. The van der Waals surface area contributed by atoms with E-state index < -0.39 is 18.0 Å². The number of anilines is 2. The molecule has 0 aliphatic heterocycles. The summed E-state index contributed by atoms with van der Waals surface area (Å²) in [5.41, 5.74) is 2.93. The van der Waals surface area contributed by atoms with Gasteiger partial charge in [0.25, 0.3) is 5.91 Å². The van der Waals surface area contributed by atoms with Crippen molar-refractivity contribution in [2.75, 3.05) is 24.4 Å². The van der Waals surface area contributed by atoms with E-state index in [4.69, 9.17) is 14.5 Å². The van der Waals surface area contributed by atoms with E-state index in [1.54, 1.807) is 19.2 Å². The Labute approximate surface area is 205 Å². The van der Waals surface area contributed by atoms with Crippen LogP contribution in [0.3, 0.4) is 0 Å². The number of rotatable bonds is 5. The van der Waals surface area contributed by atoms with Gasteiger partial charge in [0.05, 0.1) is 41.1 Å². The summed E-state index contributed by atoms with van der Waals surface area (Å²) in [5.74, 6) is -2.00. The van der Waals surface area contributed by atoms with Gasteiger partial charge in [0.15, 0.2) is 11.3 Å². The van der Waals surface area contributed by atoms with Crippen LogP contribution in [0.2, 0.25) is 0 Å². The number of nitrogens with zero attached hydrogens (tertiary/aromatic N) is 3. The minimum absolute atomic E-state index is 0.00354. The number of aryl methyl sites for hydroxylation is 1. The van der Waals surface area contributed by atoms with Gasteiger partial charge in [-0.05, 0) is 42.3 Å². The Bertz CT molecular complexity index is 1570. The van der Waals surface area contributed by atoms with Crippen molar-refractivity contribution in [3.05, 3.63) is 77.0 Å². The number of carboxylic acid groups (broad SMARTS) is 1. The largest absolute Gasteiger partial charge is 0.478 e. The van der Waals surface area contributed by atoms with Gasteiger partial charge >= 0.3 is 12.1 Å². The van der Waals surface area contributed by atoms with Gasteiger partial charge in [-0.2, -0.15) is 5.26 Å². The first-order valence-electron chi connectivity index (χ1n) is 10.6. The van der Waals surface area contributed by atoms with Crippen LogP contribution >= 0.6 is 0 Å². The van der Waals surface area contributed by atoms with Crippen LogP contribution in [-0.4, -0.2) is 42.4 Å². The molecule has 4 rings (SSSR count). The molecule has 0 aliphatic rings. The lowest BCUT2D eigenvalue weighted by Gasteiger charge is -2.20. The van der Waals surface area contributed by atoms with Crippen molar-refractivity contribution in [1.29, 1.82) is 5.26 Å². The molecule has 0 bridgehead atoms. The number of nitriles is 1. The zero-order chi connectivity index (χ0) is 26.0. The molecule has 3 aromatic carbocycles. The average Bonchev–Trinajstić information content (AvgIpc) is 3.30. The predicted octanol–water partition coefficient (Wildman–Crippen LogP) is 4.83. The van der Waals surface area contributed by atoms with Gasteiger partial charge in [-0.25, -0.2) is 9.59 Å². The minimum Gasteiger partial charge on any atom is -0.478 e. The zero-order valence-corrected chi connectivity index (χ0v) is 19.5. The molecule has 1 aromatic heterocycles. The third-order valence-electron chi connectivity index (χ3n) is 5.68. The lowest BCUT2D eigenvalue weighted by Crippen LogP contribution is -2.26. The van der Waals surface area contributed by atoms with Crippen molar-refractivity contribution in [3.8, 4) is 17.2 Å². The SMILES string of the molecule is COC(=O)N(C)c1cc2onc(C(=O)Nc3ccc(C#N)cc3C(=O)O)c2cc1-c1ccccc1C. The monoisotopic (exact) mass is 484 g/mol. The Morgan fingerprint density at radius 3 is 2.53 bits per heavy atom. The number of hydrogen-bond acceptors (Lipinski definition) is 7. The molecule has 0 saturated heterocycles. The Morgan fingerprint density at radius 2 is 1.86 bits per heavy atom. The number of ether oxygens (including phenoxy) is 1. The molecule has 0 spiro atoms. The maximum Gasteiger partial charge on any atom is 0.413 e. The van der Waals surface area contributed by atoms with Crippen molar-refractivity contribution in [2.24, 2.45) is 0 Å². The summed E-state index contributed by atoms with van der Waals surface area (Å²) in [7, 11) is 2.83. The van der Waals surface area contributed by atoms with Crippen LogP contribution in [0, 0.1) is 18.3 Å². The molecule has 10 nitrogen and oxygen atoms in total. The normalized spacial score (nSPS) is 10.5. The van der Waals surface area contributed by atoms with Crippen molar-refractivity contribution in [1.82, 2.24) is 5.16 Å². The first-order chi connectivity index (χ1) is 17.2. The highest BCUT2D eigenvalue weighted by Crippen LogP contribution is 2.37. The van der Waals surface area contributed by atoms with Crippen LogP contribution in [0.4, 0.5) is 16.2 Å². The van der Waals surface area contributed by atoms with Crippen molar-refractivity contribution in [2.45, 2.75) is 6.92 Å². The van der Waals surface area contributed by atoms with Crippen molar-refractivity contribution < 1.29 is 28.8 Å². The lowest BCUT2D eigenvalue weighted by atomic mass is 9.96. The molecule has 36 heavy (non-hydrogen) atoms. The van der Waals surface area contributed by atoms with Crippen LogP contribution in [0.1, 0.15) is 32.0 Å². The Morgan fingerprint density at radius 1 is 1.11 bits per heavy atom. The summed E-state index contributed by atoms with van der Waals surface area (Å²) in [6.07, 6.45) is -0.594. The van der Waals surface area contributed by atoms with E-state index in [1.165, 1.54) is 30.2 Å². The fourth-order valence-corrected chi connectivity index (χ4v) is 3.82. The van der Waals surface area contributed by atoms with Crippen LogP contribution < -0.4 is 10.2 Å². The number of methoxy groups -OCH3 is 1. The topological polar surface area (TPSA) is 146 Å². The van der Waals surface area contributed by atoms with E-state index in [2.05, 4.69) is 10.5 Å². The third kappa shape index (κ3) is 4.33. The maximum atomic E-state index is 13.1. The fraction of sp³-hybridized carbons (Fsp3) is 0.115. The number of hydrogen-bond donors (Lipinski definition) is 2. The highest BCUT2D eigenvalue weighted by atomic mass is 16.5. The van der Waals surface area contributed by atoms with Gasteiger partial charge in [0.1, 0.15) is 0 Å². The predicted molar refractivity (Wildman–Crippen MR) is 131 cm³/mol. The van der Waals surface area contributed by atoms with E-state index in [9.17, 15) is 19.5 Å². The summed E-state index contributed by atoms with van der Waals surface area (Å²) in [6.45, 7) is 1.92. The second-order valence-electron chi connectivity index (χ2n) is 7.87. The number of aromatic carboxylic acids is 1. The number of fused-ring (bicyclic) bond motifs is 1. The molecule has 0 unspecified atom stereocenters. The number of carboxylic acids is 1. The van der Waals surface area contributed by atoms with E-state index in [0.29, 0.717) is 16.6 Å². The highest BCUT2D eigenvalue weighted by Gasteiger charge is 2.24. The number of benzene rings is 3. The zero-order valence-electron chi connectivity index (χ0n) is 19.5. The van der Waals surface area contributed by atoms with Gasteiger partial charge < -0.3 is 19.7 Å². The third-order valence-corrected chi connectivity index (χ3v) is 5.68. The van der Waals surface area contributed by atoms with E-state index in [1.807, 2.05) is 37.3 Å². The molecule has 10 heteroatoms. The molecular weight excluding hydrogens is 464 g/mol. The molecule has 0 fully saturated rings. The first-order valence-corrected chi connectivity index (χ1v) is 10.6. The molecule has 0 atom stereocenters. The lowest BCUT2D eigenvalue weighted by molar-refractivity contribution is 0.0698. The van der Waals surface area contributed by atoms with Gasteiger partial charge in [0.2, 0.25) is 0 Å². The minimum atomic E-state index is -1.30. The van der Waals surface area contributed by atoms with E-state index in [-0.39, 0.29) is 28.1 Å². The summed E-state index contributed by atoms with van der Waals surface area (Å²) >= 11 is 0. The summed E-state index contributed by atoms with van der Waals surface area (Å²) in [5, 5.41) is 25.3. The Balaban J connectivity index is 1.84. The van der Waals surface area contributed by atoms with Crippen LogP contribution in [0.15, 0.2) is 59.1 Å². The molecule has 0 aliphatic carbocycles. The summed E-state index contributed by atoms with van der Waals surface area (Å²) in [6, 6.07) is 16.6. The molecule has 1 heterocycles. The highest BCUT2D eigenvalue weighted by molar-refractivity contribution is 6.14. The molecule has 0 saturated carbocycles. The van der Waals surface area contributed by atoms with Crippen LogP contribution in [0.25, 0.3) is 22.1 Å². The standard InChI is InChI=1S/C26H20N4O6/c1-14-6-4-5-7-16(14)17-11-19-22(12-21(17)30(2)26(34)35-3)36-29-23(19)24(31)28-20-9-8-15(13-27)10-18(20)25(32)33/h4-12H,1-3H3,(H,28,31)(H,32,33). The van der Waals surface area contributed by atoms with Gasteiger partial charge in [-0.1, -0.05) is 29.4 Å². The summed E-state index contributed by atoms with van der Waals surface area (Å²) < 4.78 is 10.3. The average molecular weight is 484 g/mol. The molecule has 0 radical (unpaired) electrons.